The summed E-state index contributed by atoms with van der Waals surface area (Å²) in [6.45, 7) is 6.59. The van der Waals surface area contributed by atoms with Crippen molar-refractivity contribution < 1.29 is 4.42 Å². The fourth-order valence-electron chi connectivity index (χ4n) is 8.36. The second-order valence-electron chi connectivity index (χ2n) is 14.3. The molecule has 0 saturated heterocycles. The summed E-state index contributed by atoms with van der Waals surface area (Å²) in [6.07, 6.45) is 0. The lowest BCUT2D eigenvalue weighted by molar-refractivity contribution is 0.670. The highest BCUT2D eigenvalue weighted by Crippen LogP contribution is 2.48. The average molecular weight is 695 g/mol. The van der Waals surface area contributed by atoms with Crippen LogP contribution >= 0.6 is 0 Å². The first-order valence-electron chi connectivity index (χ1n) is 18.6. The fraction of sp³-hybridized carbons (Fsp3) is 0.0588. The molecule has 0 fully saturated rings. The SMILES string of the molecule is Cc1ccc(N(c2cc(C)c(-c3ccccc3)cc2C)c2ccc(-c3ccccc3-n3c4ccccc4c4ccccc43)c3oc4ccccc4c23)cc1. The van der Waals surface area contributed by atoms with Crippen LogP contribution in [0.5, 0.6) is 0 Å². The van der Waals surface area contributed by atoms with Crippen LogP contribution in [0.4, 0.5) is 17.1 Å². The van der Waals surface area contributed by atoms with Crippen LogP contribution < -0.4 is 4.90 Å². The van der Waals surface area contributed by atoms with Crippen molar-refractivity contribution in [2.45, 2.75) is 20.8 Å². The third-order valence-electron chi connectivity index (χ3n) is 10.9. The number of aromatic nitrogens is 1. The van der Waals surface area contributed by atoms with Gasteiger partial charge in [0.2, 0.25) is 0 Å². The molecule has 0 unspecified atom stereocenters. The minimum absolute atomic E-state index is 0.867. The fourth-order valence-corrected chi connectivity index (χ4v) is 8.36. The number of fused-ring (bicyclic) bond motifs is 6. The van der Waals surface area contributed by atoms with Crippen LogP contribution in [0, 0.1) is 20.8 Å². The Hall–Kier alpha value is -6.84. The number of furan rings is 1. The Kier molecular flexibility index (Phi) is 7.48. The Labute approximate surface area is 315 Å². The summed E-state index contributed by atoms with van der Waals surface area (Å²) >= 11 is 0. The molecule has 3 heteroatoms. The van der Waals surface area contributed by atoms with Gasteiger partial charge in [0.05, 0.1) is 27.8 Å². The van der Waals surface area contributed by atoms with E-state index in [0.29, 0.717) is 0 Å². The van der Waals surface area contributed by atoms with Gasteiger partial charge in [0, 0.05) is 38.7 Å². The highest BCUT2D eigenvalue weighted by atomic mass is 16.3. The van der Waals surface area contributed by atoms with Crippen LogP contribution in [0.3, 0.4) is 0 Å². The van der Waals surface area contributed by atoms with Crippen molar-refractivity contribution in [2.24, 2.45) is 0 Å². The van der Waals surface area contributed by atoms with Crippen LogP contribution in [0.1, 0.15) is 16.7 Å². The van der Waals surface area contributed by atoms with Crippen molar-refractivity contribution >= 4 is 60.8 Å². The molecule has 0 radical (unpaired) electrons. The number of nitrogens with zero attached hydrogens (tertiary/aromatic N) is 2. The van der Waals surface area contributed by atoms with Crippen molar-refractivity contribution in [1.82, 2.24) is 4.57 Å². The molecular weight excluding hydrogens is 657 g/mol. The van der Waals surface area contributed by atoms with E-state index in [1.54, 1.807) is 0 Å². The summed E-state index contributed by atoms with van der Waals surface area (Å²) in [7, 11) is 0. The summed E-state index contributed by atoms with van der Waals surface area (Å²) < 4.78 is 9.37. The molecule has 0 aliphatic carbocycles. The van der Waals surface area contributed by atoms with Crippen LogP contribution in [-0.2, 0) is 0 Å². The molecule has 0 amide bonds. The zero-order valence-electron chi connectivity index (χ0n) is 30.5. The lowest BCUT2D eigenvalue weighted by Crippen LogP contribution is -2.12. The third-order valence-corrected chi connectivity index (χ3v) is 10.9. The van der Waals surface area contributed by atoms with Crippen LogP contribution in [0.15, 0.2) is 180 Å². The molecule has 54 heavy (non-hydrogen) atoms. The number of benzene rings is 8. The Morgan fingerprint density at radius 3 is 1.83 bits per heavy atom. The lowest BCUT2D eigenvalue weighted by Gasteiger charge is -2.29. The smallest absolute Gasteiger partial charge is 0.145 e. The minimum atomic E-state index is 0.867. The Balaban J connectivity index is 1.25. The van der Waals surface area contributed by atoms with Crippen LogP contribution in [-0.4, -0.2) is 4.57 Å². The van der Waals surface area contributed by atoms with Crippen LogP contribution in [0.2, 0.25) is 0 Å². The third kappa shape index (κ3) is 5.04. The van der Waals surface area contributed by atoms with Crippen molar-refractivity contribution in [2.75, 3.05) is 4.90 Å². The molecule has 10 rings (SSSR count). The summed E-state index contributed by atoms with van der Waals surface area (Å²) in [4.78, 5) is 2.42. The predicted octanol–water partition coefficient (Wildman–Crippen LogP) is 14.4. The predicted molar refractivity (Wildman–Crippen MR) is 228 cm³/mol. The first kappa shape index (κ1) is 31.9. The van der Waals surface area contributed by atoms with E-state index in [9.17, 15) is 0 Å². The Morgan fingerprint density at radius 1 is 0.463 bits per heavy atom. The van der Waals surface area contributed by atoms with E-state index in [0.717, 1.165) is 55.8 Å². The first-order chi connectivity index (χ1) is 26.5. The standard InChI is InChI=1S/C51H38N2O/c1-33-25-27-37(28-26-33)52(48-32-34(2)43(31-35(48)3)36-15-5-4-6-16-36)47-30-29-41(51-50(47)42-20-10-14-24-49(42)54-51)40-19-9-13-23-46(40)53-44-21-11-7-17-38(44)39-18-8-12-22-45(39)53/h4-32H,1-3H3. The molecule has 2 heterocycles. The van der Waals surface area contributed by atoms with E-state index in [2.05, 4.69) is 206 Å². The number of rotatable bonds is 6. The lowest BCUT2D eigenvalue weighted by atomic mass is 9.95. The maximum absolute atomic E-state index is 6.96. The molecule has 0 saturated carbocycles. The molecule has 8 aromatic carbocycles. The molecular formula is C51H38N2O. The van der Waals surface area contributed by atoms with Crippen LogP contribution in [0.25, 0.3) is 71.7 Å². The van der Waals surface area contributed by atoms with Gasteiger partial charge in [-0.05, 0) is 104 Å². The van der Waals surface area contributed by atoms with Crippen molar-refractivity contribution in [1.29, 1.82) is 0 Å². The second-order valence-corrected chi connectivity index (χ2v) is 14.3. The van der Waals surface area contributed by atoms with E-state index in [1.807, 2.05) is 0 Å². The number of anilines is 3. The molecule has 0 atom stereocenters. The highest BCUT2D eigenvalue weighted by Gasteiger charge is 2.25. The van der Waals surface area contributed by atoms with Gasteiger partial charge >= 0.3 is 0 Å². The number of hydrogen-bond acceptors (Lipinski definition) is 2. The summed E-state index contributed by atoms with van der Waals surface area (Å²) in [5.41, 5.74) is 16.8. The Bertz CT molecular complexity index is 2970. The van der Waals surface area contributed by atoms with Gasteiger partial charge in [-0.3, -0.25) is 0 Å². The van der Waals surface area contributed by atoms with Gasteiger partial charge in [-0.25, -0.2) is 0 Å². The summed E-state index contributed by atoms with van der Waals surface area (Å²) in [6, 6.07) is 63.3. The zero-order chi connectivity index (χ0) is 36.3. The maximum atomic E-state index is 6.96. The van der Waals surface area contributed by atoms with Gasteiger partial charge in [0.25, 0.3) is 0 Å². The Morgan fingerprint density at radius 2 is 1.09 bits per heavy atom. The normalized spacial score (nSPS) is 11.6. The van der Waals surface area contributed by atoms with E-state index in [1.165, 1.54) is 49.6 Å². The van der Waals surface area contributed by atoms with E-state index < -0.39 is 0 Å². The van der Waals surface area contributed by atoms with Gasteiger partial charge in [-0.1, -0.05) is 121 Å². The average Bonchev–Trinajstić information content (AvgIpc) is 3.77. The molecule has 3 nitrogen and oxygen atoms in total. The van der Waals surface area contributed by atoms with Gasteiger partial charge in [0.1, 0.15) is 11.2 Å². The van der Waals surface area contributed by atoms with Crippen molar-refractivity contribution in [3.05, 3.63) is 193 Å². The monoisotopic (exact) mass is 694 g/mol. The van der Waals surface area contributed by atoms with Crippen molar-refractivity contribution in [3.8, 4) is 27.9 Å². The molecule has 2 aromatic heterocycles. The molecule has 0 N–H and O–H groups in total. The number of aryl methyl sites for hydroxylation is 3. The molecule has 0 spiro atoms. The highest BCUT2D eigenvalue weighted by molar-refractivity contribution is 6.18. The van der Waals surface area contributed by atoms with Gasteiger partial charge < -0.3 is 13.9 Å². The van der Waals surface area contributed by atoms with Crippen molar-refractivity contribution in [3.63, 3.8) is 0 Å². The van der Waals surface area contributed by atoms with Gasteiger partial charge in [-0.2, -0.15) is 0 Å². The molecule has 258 valence electrons. The van der Waals surface area contributed by atoms with E-state index >= 15 is 0 Å². The second kappa shape index (κ2) is 12.7. The summed E-state index contributed by atoms with van der Waals surface area (Å²) in [5, 5.41) is 4.66. The van der Waals surface area contributed by atoms with E-state index in [4.69, 9.17) is 4.42 Å². The maximum Gasteiger partial charge on any atom is 0.145 e. The molecule has 0 bridgehead atoms. The molecule has 0 aliphatic rings. The van der Waals surface area contributed by atoms with Gasteiger partial charge in [-0.15, -0.1) is 0 Å². The number of hydrogen-bond donors (Lipinski definition) is 0. The number of para-hydroxylation sites is 4. The minimum Gasteiger partial charge on any atom is -0.455 e. The topological polar surface area (TPSA) is 21.3 Å². The molecule has 10 aromatic rings. The van der Waals surface area contributed by atoms with E-state index in [-0.39, 0.29) is 0 Å². The first-order valence-corrected chi connectivity index (χ1v) is 18.6. The largest absolute Gasteiger partial charge is 0.455 e. The summed E-state index contributed by atoms with van der Waals surface area (Å²) in [5.74, 6) is 0. The quantitative estimate of drug-likeness (QED) is 0.173. The van der Waals surface area contributed by atoms with Gasteiger partial charge in [0.15, 0.2) is 0 Å². The zero-order valence-corrected chi connectivity index (χ0v) is 30.5. The molecule has 0 aliphatic heterocycles.